The van der Waals surface area contributed by atoms with Crippen LogP contribution in [0.15, 0.2) is 12.3 Å². The Morgan fingerprint density at radius 3 is 3.00 bits per heavy atom. The molecule has 0 spiro atoms. The Kier molecular flexibility index (Phi) is 5.32. The SMILES string of the molecule is CCN(C)C(=O)C(C)NCC1CCC=CO1. The molecule has 0 radical (unpaired) electrons. The molecule has 0 aliphatic carbocycles. The first kappa shape index (κ1) is 13.0. The van der Waals surface area contributed by atoms with Gasteiger partial charge in [0.1, 0.15) is 6.10 Å². The van der Waals surface area contributed by atoms with Crippen molar-refractivity contribution >= 4 is 5.91 Å². The van der Waals surface area contributed by atoms with E-state index in [-0.39, 0.29) is 18.1 Å². The lowest BCUT2D eigenvalue weighted by atomic mass is 10.1. The molecule has 1 N–H and O–H groups in total. The summed E-state index contributed by atoms with van der Waals surface area (Å²) in [4.78, 5) is 13.5. The summed E-state index contributed by atoms with van der Waals surface area (Å²) >= 11 is 0. The van der Waals surface area contributed by atoms with Crippen LogP contribution >= 0.6 is 0 Å². The molecule has 0 aromatic rings. The van der Waals surface area contributed by atoms with Crippen molar-refractivity contribution in [3.63, 3.8) is 0 Å². The van der Waals surface area contributed by atoms with Gasteiger partial charge in [0.2, 0.25) is 5.91 Å². The first-order chi connectivity index (χ1) is 7.65. The van der Waals surface area contributed by atoms with Crippen molar-refractivity contribution < 1.29 is 9.53 Å². The lowest BCUT2D eigenvalue weighted by molar-refractivity contribution is -0.131. The highest BCUT2D eigenvalue weighted by Gasteiger charge is 2.18. The highest BCUT2D eigenvalue weighted by Crippen LogP contribution is 2.09. The molecule has 0 saturated heterocycles. The summed E-state index contributed by atoms with van der Waals surface area (Å²) in [5.41, 5.74) is 0. The molecule has 1 aliphatic rings. The monoisotopic (exact) mass is 226 g/mol. The molecule has 4 heteroatoms. The van der Waals surface area contributed by atoms with Gasteiger partial charge in [-0.1, -0.05) is 0 Å². The van der Waals surface area contributed by atoms with Gasteiger partial charge in [0.05, 0.1) is 12.3 Å². The molecule has 2 unspecified atom stereocenters. The van der Waals surface area contributed by atoms with E-state index in [0.717, 1.165) is 25.9 Å². The molecule has 16 heavy (non-hydrogen) atoms. The van der Waals surface area contributed by atoms with E-state index >= 15 is 0 Å². The largest absolute Gasteiger partial charge is 0.497 e. The summed E-state index contributed by atoms with van der Waals surface area (Å²) in [5.74, 6) is 0.133. The van der Waals surface area contributed by atoms with E-state index in [9.17, 15) is 4.79 Å². The van der Waals surface area contributed by atoms with Crippen LogP contribution in [0, 0.1) is 0 Å². The third kappa shape index (κ3) is 3.85. The van der Waals surface area contributed by atoms with E-state index in [1.165, 1.54) is 0 Å². The minimum absolute atomic E-state index is 0.133. The van der Waals surface area contributed by atoms with Crippen molar-refractivity contribution in [3.05, 3.63) is 12.3 Å². The zero-order valence-corrected chi connectivity index (χ0v) is 10.4. The summed E-state index contributed by atoms with van der Waals surface area (Å²) in [5, 5.41) is 3.22. The van der Waals surface area contributed by atoms with Crippen molar-refractivity contribution in [1.82, 2.24) is 10.2 Å². The van der Waals surface area contributed by atoms with Gasteiger partial charge in [-0.25, -0.2) is 0 Å². The maximum absolute atomic E-state index is 11.8. The normalized spacial score (nSPS) is 21.3. The van der Waals surface area contributed by atoms with E-state index in [2.05, 4.69) is 5.32 Å². The average Bonchev–Trinajstić information content (AvgIpc) is 2.35. The van der Waals surface area contributed by atoms with Crippen molar-refractivity contribution in [2.75, 3.05) is 20.1 Å². The van der Waals surface area contributed by atoms with Gasteiger partial charge in [-0.05, 0) is 32.8 Å². The van der Waals surface area contributed by atoms with Gasteiger partial charge in [0.25, 0.3) is 0 Å². The predicted octanol–water partition coefficient (Wildman–Crippen LogP) is 1.14. The summed E-state index contributed by atoms with van der Waals surface area (Å²) in [7, 11) is 1.82. The van der Waals surface area contributed by atoms with Gasteiger partial charge in [0.15, 0.2) is 0 Å². The van der Waals surface area contributed by atoms with Crippen LogP contribution in [0.3, 0.4) is 0 Å². The molecule has 1 heterocycles. The topological polar surface area (TPSA) is 41.6 Å². The van der Waals surface area contributed by atoms with Crippen molar-refractivity contribution in [3.8, 4) is 0 Å². The van der Waals surface area contributed by atoms with Gasteiger partial charge in [-0.2, -0.15) is 0 Å². The zero-order chi connectivity index (χ0) is 12.0. The predicted molar refractivity (Wildman–Crippen MR) is 64.0 cm³/mol. The van der Waals surface area contributed by atoms with E-state index in [4.69, 9.17) is 4.74 Å². The Bertz CT molecular complexity index is 253. The Hall–Kier alpha value is -1.03. The summed E-state index contributed by atoms with van der Waals surface area (Å²) in [6.07, 6.45) is 6.06. The van der Waals surface area contributed by atoms with Crippen LogP contribution in [0.25, 0.3) is 0 Å². The Labute approximate surface area is 97.6 Å². The van der Waals surface area contributed by atoms with Crippen molar-refractivity contribution in [1.29, 1.82) is 0 Å². The smallest absolute Gasteiger partial charge is 0.239 e. The molecular formula is C12H22N2O2. The van der Waals surface area contributed by atoms with Gasteiger partial charge < -0.3 is 15.0 Å². The molecule has 0 bridgehead atoms. The first-order valence-corrected chi connectivity index (χ1v) is 5.94. The maximum Gasteiger partial charge on any atom is 0.239 e. The first-order valence-electron chi connectivity index (χ1n) is 5.94. The van der Waals surface area contributed by atoms with E-state index in [1.54, 1.807) is 11.2 Å². The number of allylic oxidation sites excluding steroid dienone is 1. The van der Waals surface area contributed by atoms with E-state index in [0.29, 0.717) is 0 Å². The molecule has 1 amide bonds. The third-order valence-electron chi connectivity index (χ3n) is 2.90. The minimum atomic E-state index is -0.139. The molecule has 92 valence electrons. The lowest BCUT2D eigenvalue weighted by Crippen LogP contribution is -2.45. The second kappa shape index (κ2) is 6.53. The number of nitrogens with one attached hydrogen (secondary N) is 1. The number of carbonyl (C=O) groups is 1. The fraction of sp³-hybridized carbons (Fsp3) is 0.750. The van der Waals surface area contributed by atoms with Crippen LogP contribution in [-0.2, 0) is 9.53 Å². The molecular weight excluding hydrogens is 204 g/mol. The minimum Gasteiger partial charge on any atom is -0.497 e. The van der Waals surface area contributed by atoms with Crippen molar-refractivity contribution in [2.45, 2.75) is 38.8 Å². The fourth-order valence-electron chi connectivity index (χ4n) is 1.62. The van der Waals surface area contributed by atoms with Crippen LogP contribution in [0.1, 0.15) is 26.7 Å². The van der Waals surface area contributed by atoms with E-state index < -0.39 is 0 Å². The van der Waals surface area contributed by atoms with Gasteiger partial charge >= 0.3 is 0 Å². The highest BCUT2D eigenvalue weighted by molar-refractivity contribution is 5.81. The second-order valence-electron chi connectivity index (χ2n) is 4.19. The number of ether oxygens (including phenoxy) is 1. The molecule has 1 aliphatic heterocycles. The van der Waals surface area contributed by atoms with Crippen LogP contribution < -0.4 is 5.32 Å². The van der Waals surface area contributed by atoms with Crippen LogP contribution in [-0.4, -0.2) is 43.1 Å². The molecule has 0 aromatic heterocycles. The number of nitrogens with zero attached hydrogens (tertiary/aromatic N) is 1. The molecule has 1 rings (SSSR count). The Balaban J connectivity index is 2.26. The number of carbonyl (C=O) groups excluding carboxylic acids is 1. The summed E-state index contributed by atoms with van der Waals surface area (Å²) in [6.45, 7) is 5.34. The molecule has 0 fully saturated rings. The van der Waals surface area contributed by atoms with E-state index in [1.807, 2.05) is 27.0 Å². The van der Waals surface area contributed by atoms with Gasteiger partial charge in [-0.15, -0.1) is 0 Å². The summed E-state index contributed by atoms with van der Waals surface area (Å²) in [6, 6.07) is -0.139. The molecule has 2 atom stereocenters. The quantitative estimate of drug-likeness (QED) is 0.764. The van der Waals surface area contributed by atoms with Gasteiger partial charge in [0, 0.05) is 20.1 Å². The van der Waals surface area contributed by atoms with Crippen LogP contribution in [0.2, 0.25) is 0 Å². The highest BCUT2D eigenvalue weighted by atomic mass is 16.5. The Morgan fingerprint density at radius 1 is 1.69 bits per heavy atom. The van der Waals surface area contributed by atoms with Crippen LogP contribution in [0.4, 0.5) is 0 Å². The third-order valence-corrected chi connectivity index (χ3v) is 2.90. The van der Waals surface area contributed by atoms with Crippen LogP contribution in [0.5, 0.6) is 0 Å². The average molecular weight is 226 g/mol. The second-order valence-corrected chi connectivity index (χ2v) is 4.19. The standard InChI is InChI=1S/C12H22N2O2/c1-4-14(3)12(15)10(2)13-9-11-7-5-6-8-16-11/h6,8,10-11,13H,4-5,7,9H2,1-3H3. The molecule has 0 aromatic carbocycles. The number of hydrogen-bond acceptors (Lipinski definition) is 3. The Morgan fingerprint density at radius 2 is 2.44 bits per heavy atom. The molecule has 0 saturated carbocycles. The zero-order valence-electron chi connectivity index (χ0n) is 10.4. The number of hydrogen-bond donors (Lipinski definition) is 1. The van der Waals surface area contributed by atoms with Crippen molar-refractivity contribution in [2.24, 2.45) is 0 Å². The maximum atomic E-state index is 11.8. The summed E-state index contributed by atoms with van der Waals surface area (Å²) < 4.78 is 5.43. The number of rotatable bonds is 5. The lowest BCUT2D eigenvalue weighted by Gasteiger charge is -2.24. The van der Waals surface area contributed by atoms with Gasteiger partial charge in [-0.3, -0.25) is 4.79 Å². The number of amides is 1. The fourth-order valence-corrected chi connectivity index (χ4v) is 1.62. The number of likely N-dealkylation sites (N-methyl/N-ethyl adjacent to an activating group) is 1. The molecule has 4 nitrogen and oxygen atoms in total.